The third kappa shape index (κ3) is 3.41. The number of nitrogens with one attached hydrogen (secondary N) is 1. The van der Waals surface area contributed by atoms with Crippen molar-refractivity contribution in [2.75, 3.05) is 19.5 Å². The Morgan fingerprint density at radius 3 is 2.32 bits per heavy atom. The molecule has 0 amide bonds. The van der Waals surface area contributed by atoms with Crippen molar-refractivity contribution in [1.82, 2.24) is 0 Å². The number of anilines is 1. The lowest BCUT2D eigenvalue weighted by atomic mass is 10.2. The van der Waals surface area contributed by atoms with Gasteiger partial charge in [0.05, 0.1) is 19.9 Å². The molecule has 0 saturated carbocycles. The largest absolute Gasteiger partial charge is 0.497 e. The molecule has 2 aromatic carbocycles. The van der Waals surface area contributed by atoms with Gasteiger partial charge < -0.3 is 14.8 Å². The molecule has 0 radical (unpaired) electrons. The second kappa shape index (κ2) is 6.14. The Labute approximate surface area is 114 Å². The molecule has 0 aromatic heterocycles. The Morgan fingerprint density at radius 1 is 0.947 bits per heavy atom. The lowest BCUT2D eigenvalue weighted by Crippen LogP contribution is -2.01. The van der Waals surface area contributed by atoms with E-state index >= 15 is 0 Å². The van der Waals surface area contributed by atoms with Crippen molar-refractivity contribution in [2.24, 2.45) is 0 Å². The van der Waals surface area contributed by atoms with E-state index in [0.29, 0.717) is 0 Å². The van der Waals surface area contributed by atoms with E-state index < -0.39 is 0 Å². The average molecular weight is 257 g/mol. The summed E-state index contributed by atoms with van der Waals surface area (Å²) >= 11 is 0. The number of hydrogen-bond acceptors (Lipinski definition) is 3. The monoisotopic (exact) mass is 257 g/mol. The molecule has 19 heavy (non-hydrogen) atoms. The average Bonchev–Trinajstić information content (AvgIpc) is 2.46. The van der Waals surface area contributed by atoms with Gasteiger partial charge in [-0.1, -0.05) is 18.2 Å². The summed E-state index contributed by atoms with van der Waals surface area (Å²) in [5.41, 5.74) is 3.42. The maximum absolute atomic E-state index is 5.34. The Hall–Kier alpha value is -2.16. The molecule has 0 saturated heterocycles. The van der Waals surface area contributed by atoms with Crippen LogP contribution in [0.2, 0.25) is 0 Å². The minimum absolute atomic E-state index is 0.754. The minimum atomic E-state index is 0.754. The van der Waals surface area contributed by atoms with Gasteiger partial charge in [0.2, 0.25) is 0 Å². The maximum Gasteiger partial charge on any atom is 0.141 e. The van der Waals surface area contributed by atoms with Gasteiger partial charge in [-0.05, 0) is 42.3 Å². The zero-order valence-corrected chi connectivity index (χ0v) is 11.6. The zero-order valence-electron chi connectivity index (χ0n) is 11.6. The maximum atomic E-state index is 5.34. The number of hydrogen-bond donors (Lipinski definition) is 1. The van der Waals surface area contributed by atoms with Gasteiger partial charge in [-0.15, -0.1) is 0 Å². The molecule has 1 N–H and O–H groups in total. The van der Waals surface area contributed by atoms with E-state index in [0.717, 1.165) is 23.7 Å². The molecular weight excluding hydrogens is 238 g/mol. The van der Waals surface area contributed by atoms with Gasteiger partial charge >= 0.3 is 0 Å². The summed E-state index contributed by atoms with van der Waals surface area (Å²) in [5, 5.41) is 3.39. The molecule has 0 heterocycles. The van der Waals surface area contributed by atoms with Crippen molar-refractivity contribution in [3.8, 4) is 11.5 Å². The summed E-state index contributed by atoms with van der Waals surface area (Å²) in [6.45, 7) is 2.82. The van der Waals surface area contributed by atoms with E-state index in [1.807, 2.05) is 36.4 Å². The Balaban J connectivity index is 2.07. The summed E-state index contributed by atoms with van der Waals surface area (Å²) in [6.07, 6.45) is 0. The standard InChI is InChI=1S/C16H19NO2/c1-12-4-9-16(19-3)15(10-12)17-11-13-5-7-14(18-2)8-6-13/h4-10,17H,11H2,1-3H3. The first kappa shape index (κ1) is 13.3. The molecule has 3 heteroatoms. The number of methoxy groups -OCH3 is 2. The molecule has 2 aromatic rings. The third-order valence-electron chi connectivity index (χ3n) is 3.00. The first-order valence-corrected chi connectivity index (χ1v) is 6.24. The molecule has 0 spiro atoms. The molecule has 100 valence electrons. The van der Waals surface area contributed by atoms with Crippen molar-refractivity contribution in [3.05, 3.63) is 53.6 Å². The third-order valence-corrected chi connectivity index (χ3v) is 3.00. The molecule has 0 aliphatic carbocycles. The highest BCUT2D eigenvalue weighted by molar-refractivity contribution is 5.58. The number of rotatable bonds is 5. The number of ether oxygens (including phenoxy) is 2. The van der Waals surface area contributed by atoms with Gasteiger partial charge in [-0.25, -0.2) is 0 Å². The van der Waals surface area contributed by atoms with E-state index in [1.165, 1.54) is 11.1 Å². The van der Waals surface area contributed by atoms with Crippen molar-refractivity contribution in [1.29, 1.82) is 0 Å². The molecule has 0 aliphatic rings. The SMILES string of the molecule is COc1ccc(CNc2cc(C)ccc2OC)cc1. The van der Waals surface area contributed by atoms with E-state index in [1.54, 1.807) is 14.2 Å². The van der Waals surface area contributed by atoms with Crippen LogP contribution in [0, 0.1) is 6.92 Å². The van der Waals surface area contributed by atoms with Gasteiger partial charge in [0.1, 0.15) is 11.5 Å². The predicted molar refractivity (Wildman–Crippen MR) is 78.1 cm³/mol. The normalized spacial score (nSPS) is 10.1. The fourth-order valence-corrected chi connectivity index (χ4v) is 1.90. The fourth-order valence-electron chi connectivity index (χ4n) is 1.90. The van der Waals surface area contributed by atoms with Crippen LogP contribution < -0.4 is 14.8 Å². The van der Waals surface area contributed by atoms with Crippen LogP contribution in [0.15, 0.2) is 42.5 Å². The molecule has 0 fully saturated rings. The van der Waals surface area contributed by atoms with Crippen LogP contribution in [0.25, 0.3) is 0 Å². The van der Waals surface area contributed by atoms with Crippen LogP contribution >= 0.6 is 0 Å². The van der Waals surface area contributed by atoms with Crippen molar-refractivity contribution < 1.29 is 9.47 Å². The molecule has 0 bridgehead atoms. The Morgan fingerprint density at radius 2 is 1.68 bits per heavy atom. The highest BCUT2D eigenvalue weighted by Crippen LogP contribution is 2.25. The van der Waals surface area contributed by atoms with Crippen LogP contribution in [-0.4, -0.2) is 14.2 Å². The van der Waals surface area contributed by atoms with Crippen LogP contribution in [-0.2, 0) is 6.54 Å². The quantitative estimate of drug-likeness (QED) is 0.887. The van der Waals surface area contributed by atoms with E-state index in [-0.39, 0.29) is 0 Å². The van der Waals surface area contributed by atoms with Gasteiger partial charge in [0, 0.05) is 6.54 Å². The highest BCUT2D eigenvalue weighted by Gasteiger charge is 2.02. The first-order chi connectivity index (χ1) is 9.22. The molecular formula is C16H19NO2. The van der Waals surface area contributed by atoms with Crippen molar-refractivity contribution in [2.45, 2.75) is 13.5 Å². The second-order valence-corrected chi connectivity index (χ2v) is 4.41. The predicted octanol–water partition coefficient (Wildman–Crippen LogP) is 3.62. The van der Waals surface area contributed by atoms with Gasteiger partial charge in [0.25, 0.3) is 0 Å². The smallest absolute Gasteiger partial charge is 0.141 e. The summed E-state index contributed by atoms with van der Waals surface area (Å²) in [5.74, 6) is 1.73. The number of benzene rings is 2. The van der Waals surface area contributed by atoms with Gasteiger partial charge in [-0.3, -0.25) is 0 Å². The molecule has 0 unspecified atom stereocenters. The number of aryl methyl sites for hydroxylation is 1. The van der Waals surface area contributed by atoms with Crippen LogP contribution in [0.5, 0.6) is 11.5 Å². The lowest BCUT2D eigenvalue weighted by molar-refractivity contribution is 0.414. The first-order valence-electron chi connectivity index (χ1n) is 6.24. The molecule has 3 nitrogen and oxygen atoms in total. The summed E-state index contributed by atoms with van der Waals surface area (Å²) < 4.78 is 10.5. The Bertz CT molecular complexity index is 535. The van der Waals surface area contributed by atoms with Crippen molar-refractivity contribution in [3.63, 3.8) is 0 Å². The topological polar surface area (TPSA) is 30.5 Å². The highest BCUT2D eigenvalue weighted by atomic mass is 16.5. The molecule has 0 aliphatic heterocycles. The van der Waals surface area contributed by atoms with E-state index in [4.69, 9.17) is 9.47 Å². The fraction of sp³-hybridized carbons (Fsp3) is 0.250. The zero-order chi connectivity index (χ0) is 13.7. The molecule has 2 rings (SSSR count). The minimum Gasteiger partial charge on any atom is -0.497 e. The van der Waals surface area contributed by atoms with Crippen LogP contribution in [0.4, 0.5) is 5.69 Å². The summed E-state index contributed by atoms with van der Waals surface area (Å²) in [4.78, 5) is 0. The van der Waals surface area contributed by atoms with Gasteiger partial charge in [0.15, 0.2) is 0 Å². The molecule has 0 atom stereocenters. The van der Waals surface area contributed by atoms with Crippen molar-refractivity contribution >= 4 is 5.69 Å². The summed E-state index contributed by atoms with van der Waals surface area (Å²) in [7, 11) is 3.36. The Kier molecular flexibility index (Phi) is 4.29. The van der Waals surface area contributed by atoms with E-state index in [9.17, 15) is 0 Å². The lowest BCUT2D eigenvalue weighted by Gasteiger charge is -2.12. The van der Waals surface area contributed by atoms with E-state index in [2.05, 4.69) is 18.3 Å². The van der Waals surface area contributed by atoms with Gasteiger partial charge in [-0.2, -0.15) is 0 Å². The summed E-state index contributed by atoms with van der Waals surface area (Å²) in [6, 6.07) is 14.1. The van der Waals surface area contributed by atoms with Crippen LogP contribution in [0.3, 0.4) is 0 Å². The second-order valence-electron chi connectivity index (χ2n) is 4.41. The van der Waals surface area contributed by atoms with Crippen LogP contribution in [0.1, 0.15) is 11.1 Å².